The van der Waals surface area contributed by atoms with Crippen LogP contribution in [0.15, 0.2) is 71.6 Å². The Morgan fingerprint density at radius 3 is 2.25 bits per heavy atom. The molecule has 3 atom stereocenters. The predicted molar refractivity (Wildman–Crippen MR) is 215 cm³/mol. The number of benzene rings is 3. The molecule has 14 nitrogen and oxygen atoms in total. The first-order valence-corrected chi connectivity index (χ1v) is 20.3. The summed E-state index contributed by atoms with van der Waals surface area (Å²) in [5.74, 6) is -2.18. The molecule has 0 radical (unpaired) electrons. The quantitative estimate of drug-likeness (QED) is 0.139. The molecule has 17 heteroatoms. The second kappa shape index (κ2) is 19.9. The van der Waals surface area contributed by atoms with Crippen molar-refractivity contribution in [2.75, 3.05) is 37.9 Å². The number of anilines is 2. The number of urea groups is 1. The number of nitrogens with zero attached hydrogens (tertiary/aromatic N) is 2. The van der Waals surface area contributed by atoms with Crippen LogP contribution in [0, 0.1) is 12.8 Å². The molecule has 0 unspecified atom stereocenters. The number of esters is 1. The van der Waals surface area contributed by atoms with E-state index in [1.54, 1.807) is 37.4 Å². The fourth-order valence-electron chi connectivity index (χ4n) is 6.28. The van der Waals surface area contributed by atoms with Gasteiger partial charge in [-0.2, -0.15) is 4.31 Å². The molecule has 302 valence electrons. The summed E-state index contributed by atoms with van der Waals surface area (Å²) in [6, 6.07) is 14.6. The normalized spacial score (nSPS) is 15.4. The molecular weight excluding hydrogens is 783 g/mol. The third-order valence-electron chi connectivity index (χ3n) is 9.30. The average molecular weight is 832 g/mol. The summed E-state index contributed by atoms with van der Waals surface area (Å²) in [4.78, 5) is 66.8. The van der Waals surface area contributed by atoms with Gasteiger partial charge in [0.2, 0.25) is 27.7 Å². The number of carbonyl (C=O) groups is 5. The van der Waals surface area contributed by atoms with E-state index in [1.165, 1.54) is 23.1 Å². The highest BCUT2D eigenvalue weighted by molar-refractivity contribution is 7.89. The maximum absolute atomic E-state index is 13.5. The number of para-hydroxylation sites is 1. The number of sulfonamides is 1. The molecule has 0 aromatic heterocycles. The Balaban J connectivity index is 1.34. The van der Waals surface area contributed by atoms with Crippen molar-refractivity contribution in [2.24, 2.45) is 5.92 Å². The highest BCUT2D eigenvalue weighted by Crippen LogP contribution is 2.30. The van der Waals surface area contributed by atoms with Crippen LogP contribution in [0.2, 0.25) is 10.0 Å². The topological polar surface area (TPSA) is 183 Å². The first-order chi connectivity index (χ1) is 26.5. The Kier molecular flexibility index (Phi) is 15.7. The van der Waals surface area contributed by atoms with Crippen molar-refractivity contribution in [3.8, 4) is 0 Å². The summed E-state index contributed by atoms with van der Waals surface area (Å²) in [5.41, 5.74) is 2.82. The lowest BCUT2D eigenvalue weighted by atomic mass is 10.0. The molecule has 0 bridgehead atoms. The van der Waals surface area contributed by atoms with Gasteiger partial charge in [-0.1, -0.05) is 67.4 Å². The molecule has 1 saturated heterocycles. The maximum Gasteiger partial charge on any atom is 0.328 e. The monoisotopic (exact) mass is 830 g/mol. The SMILES string of the molecule is COC(=O)[C@H](CCNC(=O)[C@H](CC(C)C)N(C)C(=O)Cc1ccc(NC(=O)Nc2ccccc2C)cc1)NC(=O)[C@@H]1CCCN1S(=O)(=O)c1cc(Cl)cc(Cl)c1. The number of carbonyl (C=O) groups excluding carboxylic acids is 5. The minimum Gasteiger partial charge on any atom is -0.467 e. The van der Waals surface area contributed by atoms with Gasteiger partial charge in [0, 0.05) is 41.6 Å². The third-order valence-corrected chi connectivity index (χ3v) is 11.6. The van der Waals surface area contributed by atoms with Crippen LogP contribution in [0.4, 0.5) is 16.2 Å². The van der Waals surface area contributed by atoms with E-state index < -0.39 is 52.0 Å². The number of likely N-dealkylation sites (N-methyl/N-ethyl adjacent to an activating group) is 1. The zero-order chi connectivity index (χ0) is 41.2. The number of aryl methyl sites for hydroxylation is 1. The fourth-order valence-corrected chi connectivity index (χ4v) is 8.67. The molecule has 1 heterocycles. The van der Waals surface area contributed by atoms with Gasteiger partial charge < -0.3 is 30.9 Å². The van der Waals surface area contributed by atoms with Crippen LogP contribution in [0.25, 0.3) is 0 Å². The fraction of sp³-hybridized carbons (Fsp3) is 0.410. The molecule has 3 aromatic rings. The van der Waals surface area contributed by atoms with E-state index in [2.05, 4.69) is 21.3 Å². The molecule has 1 aliphatic heterocycles. The molecule has 4 rings (SSSR count). The Morgan fingerprint density at radius 2 is 1.62 bits per heavy atom. The lowest BCUT2D eigenvalue weighted by Gasteiger charge is -2.29. The van der Waals surface area contributed by atoms with Crippen LogP contribution < -0.4 is 21.3 Å². The van der Waals surface area contributed by atoms with Crippen LogP contribution in [0.5, 0.6) is 0 Å². The second-order valence-electron chi connectivity index (χ2n) is 14.0. The Labute approximate surface area is 337 Å². The summed E-state index contributed by atoms with van der Waals surface area (Å²) < 4.78 is 32.9. The summed E-state index contributed by atoms with van der Waals surface area (Å²) in [6.07, 6.45) is 0.914. The largest absolute Gasteiger partial charge is 0.467 e. The van der Waals surface area contributed by atoms with Crippen LogP contribution in [0.3, 0.4) is 0 Å². The van der Waals surface area contributed by atoms with Crippen molar-refractivity contribution in [3.05, 3.63) is 87.9 Å². The first-order valence-electron chi connectivity index (χ1n) is 18.1. The lowest BCUT2D eigenvalue weighted by molar-refractivity contribution is -0.145. The molecule has 4 N–H and O–H groups in total. The molecule has 0 spiro atoms. The Hall–Kier alpha value is -4.70. The predicted octanol–water partition coefficient (Wildman–Crippen LogP) is 5.38. The summed E-state index contributed by atoms with van der Waals surface area (Å²) in [7, 11) is -1.45. The molecule has 0 aliphatic carbocycles. The minimum atomic E-state index is -4.16. The van der Waals surface area contributed by atoms with Gasteiger partial charge in [0.15, 0.2) is 0 Å². The van der Waals surface area contributed by atoms with Gasteiger partial charge in [-0.25, -0.2) is 18.0 Å². The first kappa shape index (κ1) is 44.0. The van der Waals surface area contributed by atoms with E-state index in [1.807, 2.05) is 39.0 Å². The molecule has 1 fully saturated rings. The number of amides is 5. The van der Waals surface area contributed by atoms with E-state index in [-0.39, 0.29) is 59.1 Å². The number of ether oxygens (including phenoxy) is 1. The molecule has 56 heavy (non-hydrogen) atoms. The Morgan fingerprint density at radius 1 is 0.964 bits per heavy atom. The zero-order valence-electron chi connectivity index (χ0n) is 31.9. The van der Waals surface area contributed by atoms with E-state index in [0.717, 1.165) is 17.0 Å². The van der Waals surface area contributed by atoms with Gasteiger partial charge in [-0.15, -0.1) is 0 Å². The van der Waals surface area contributed by atoms with E-state index in [9.17, 15) is 32.4 Å². The third kappa shape index (κ3) is 11.9. The van der Waals surface area contributed by atoms with E-state index >= 15 is 0 Å². The number of rotatable bonds is 16. The summed E-state index contributed by atoms with van der Waals surface area (Å²) in [6.45, 7) is 5.76. The van der Waals surface area contributed by atoms with Crippen molar-refractivity contribution in [3.63, 3.8) is 0 Å². The highest BCUT2D eigenvalue weighted by atomic mass is 35.5. The number of hydrogen-bond donors (Lipinski definition) is 4. The maximum atomic E-state index is 13.5. The van der Waals surface area contributed by atoms with Gasteiger partial charge >= 0.3 is 12.0 Å². The minimum absolute atomic E-state index is 0.00274. The number of hydrogen-bond acceptors (Lipinski definition) is 8. The van der Waals surface area contributed by atoms with Crippen LogP contribution in [-0.2, 0) is 40.4 Å². The summed E-state index contributed by atoms with van der Waals surface area (Å²) in [5, 5.41) is 11.2. The van der Waals surface area contributed by atoms with Crippen molar-refractivity contribution >= 4 is 74.3 Å². The number of methoxy groups -OCH3 is 1. The van der Waals surface area contributed by atoms with Gasteiger partial charge in [-0.3, -0.25) is 14.4 Å². The van der Waals surface area contributed by atoms with Crippen LogP contribution in [-0.4, -0.2) is 92.7 Å². The van der Waals surface area contributed by atoms with Crippen LogP contribution in [0.1, 0.15) is 50.7 Å². The second-order valence-corrected chi connectivity index (χ2v) is 16.7. The van der Waals surface area contributed by atoms with Gasteiger partial charge in [0.25, 0.3) is 0 Å². The van der Waals surface area contributed by atoms with Crippen molar-refractivity contribution in [2.45, 2.75) is 75.9 Å². The van der Waals surface area contributed by atoms with Gasteiger partial charge in [0.05, 0.1) is 18.4 Å². The van der Waals surface area contributed by atoms with Gasteiger partial charge in [0.1, 0.15) is 18.1 Å². The van der Waals surface area contributed by atoms with Crippen LogP contribution >= 0.6 is 23.2 Å². The summed E-state index contributed by atoms with van der Waals surface area (Å²) >= 11 is 12.1. The van der Waals surface area contributed by atoms with E-state index in [4.69, 9.17) is 27.9 Å². The Bertz CT molecular complexity index is 1990. The molecule has 0 saturated carbocycles. The molecule has 3 aromatic carbocycles. The lowest BCUT2D eigenvalue weighted by Crippen LogP contribution is -2.52. The zero-order valence-corrected chi connectivity index (χ0v) is 34.3. The standard InChI is InChI=1S/C39H48Cl2N6O8S/c1-24(2)19-34(46(4)35(48)20-26-12-14-29(15-13-26)43-39(52)45-31-10-7-6-9-25(31)3)36(49)42-17-16-32(38(51)55-5)44-37(50)33-11-8-18-47(33)56(53,54)30-22-27(40)21-28(41)23-30/h6-7,9-10,12-15,21-24,32-34H,8,11,16-20H2,1-5H3,(H,42,49)(H,44,50)(H2,43,45,52)/t32-,33-,34-/m0/s1. The number of nitrogens with one attached hydrogen (secondary N) is 4. The highest BCUT2D eigenvalue weighted by Gasteiger charge is 2.41. The molecule has 5 amide bonds. The smallest absolute Gasteiger partial charge is 0.328 e. The number of halogens is 2. The van der Waals surface area contributed by atoms with E-state index in [0.29, 0.717) is 29.8 Å². The van der Waals surface area contributed by atoms with Crippen molar-refractivity contribution in [1.82, 2.24) is 19.8 Å². The van der Waals surface area contributed by atoms with Crippen molar-refractivity contribution in [1.29, 1.82) is 0 Å². The molecular formula is C39H48Cl2N6O8S. The molecule has 1 aliphatic rings. The average Bonchev–Trinajstić information content (AvgIpc) is 3.65. The van der Waals surface area contributed by atoms with Gasteiger partial charge in [-0.05, 0) is 86.1 Å². The van der Waals surface area contributed by atoms with Crippen molar-refractivity contribution < 1.29 is 37.1 Å².